The predicted molar refractivity (Wildman–Crippen MR) is 134 cm³/mol. The molecule has 6 heteroatoms. The van der Waals surface area contributed by atoms with Gasteiger partial charge in [0.15, 0.2) is 0 Å². The molecule has 0 saturated carbocycles. The summed E-state index contributed by atoms with van der Waals surface area (Å²) in [4.78, 5) is 26.7. The highest BCUT2D eigenvalue weighted by molar-refractivity contribution is 6.00. The van der Waals surface area contributed by atoms with Gasteiger partial charge in [0.05, 0.1) is 26.0 Å². The third-order valence-corrected chi connectivity index (χ3v) is 5.71. The Bertz CT molecular complexity index is 1180. The summed E-state index contributed by atoms with van der Waals surface area (Å²) in [6, 6.07) is 23.8. The van der Waals surface area contributed by atoms with Gasteiger partial charge in [0.2, 0.25) is 11.8 Å². The molecular formula is C28H28N2O4. The standard InChI is InChI=1S/C28H28N2O4/c1-20(31)29-26-18-24(12-13-27(26)33-2)25(19-28(32)30-14-16-34-17-15-30)23-10-8-22(9-11-23)21-6-4-3-5-7-21/h3-13,18-19H,14-17H2,1-2H3,(H,29,31). The molecular weight excluding hydrogens is 428 g/mol. The van der Waals surface area contributed by atoms with Crippen LogP contribution in [-0.4, -0.2) is 50.1 Å². The van der Waals surface area contributed by atoms with Crippen LogP contribution >= 0.6 is 0 Å². The highest BCUT2D eigenvalue weighted by Crippen LogP contribution is 2.32. The maximum absolute atomic E-state index is 13.1. The van der Waals surface area contributed by atoms with Crippen molar-refractivity contribution < 1.29 is 19.1 Å². The Balaban J connectivity index is 1.75. The Morgan fingerprint density at radius 2 is 1.56 bits per heavy atom. The maximum Gasteiger partial charge on any atom is 0.247 e. The molecule has 0 bridgehead atoms. The molecule has 1 N–H and O–H groups in total. The van der Waals surface area contributed by atoms with E-state index in [0.717, 1.165) is 27.8 Å². The molecule has 4 rings (SSSR count). The van der Waals surface area contributed by atoms with E-state index in [9.17, 15) is 9.59 Å². The van der Waals surface area contributed by atoms with Crippen LogP contribution in [0, 0.1) is 0 Å². The lowest BCUT2D eigenvalue weighted by Crippen LogP contribution is -2.39. The minimum atomic E-state index is -0.197. The van der Waals surface area contributed by atoms with Crippen LogP contribution in [0.15, 0.2) is 78.9 Å². The molecule has 1 aliphatic rings. The number of anilines is 1. The van der Waals surface area contributed by atoms with Crippen LogP contribution in [0.5, 0.6) is 5.75 Å². The monoisotopic (exact) mass is 456 g/mol. The van der Waals surface area contributed by atoms with Crippen LogP contribution in [0.25, 0.3) is 16.7 Å². The van der Waals surface area contributed by atoms with Crippen molar-refractivity contribution in [3.63, 3.8) is 0 Å². The predicted octanol–water partition coefficient (Wildman–Crippen LogP) is 4.61. The van der Waals surface area contributed by atoms with E-state index in [-0.39, 0.29) is 11.8 Å². The summed E-state index contributed by atoms with van der Waals surface area (Å²) >= 11 is 0. The molecule has 1 aliphatic heterocycles. The number of carbonyl (C=O) groups excluding carboxylic acids is 2. The average Bonchev–Trinajstić information content (AvgIpc) is 2.88. The van der Waals surface area contributed by atoms with Gasteiger partial charge < -0.3 is 19.7 Å². The van der Waals surface area contributed by atoms with Crippen LogP contribution in [0.3, 0.4) is 0 Å². The fourth-order valence-corrected chi connectivity index (χ4v) is 3.97. The molecule has 2 amide bonds. The number of carbonyl (C=O) groups is 2. The molecule has 1 heterocycles. The van der Waals surface area contributed by atoms with E-state index in [0.29, 0.717) is 37.7 Å². The second-order valence-electron chi connectivity index (χ2n) is 8.04. The largest absolute Gasteiger partial charge is 0.495 e. The van der Waals surface area contributed by atoms with E-state index >= 15 is 0 Å². The van der Waals surface area contributed by atoms with Gasteiger partial charge in [-0.05, 0) is 40.0 Å². The van der Waals surface area contributed by atoms with Crippen molar-refractivity contribution >= 4 is 23.1 Å². The smallest absolute Gasteiger partial charge is 0.247 e. The van der Waals surface area contributed by atoms with Crippen molar-refractivity contribution in [2.75, 3.05) is 38.7 Å². The van der Waals surface area contributed by atoms with Crippen molar-refractivity contribution in [1.29, 1.82) is 0 Å². The third-order valence-electron chi connectivity index (χ3n) is 5.71. The van der Waals surface area contributed by atoms with Gasteiger partial charge in [-0.2, -0.15) is 0 Å². The summed E-state index contributed by atoms with van der Waals surface area (Å²) in [5.74, 6) is 0.289. The Morgan fingerprint density at radius 1 is 0.912 bits per heavy atom. The lowest BCUT2D eigenvalue weighted by atomic mass is 9.94. The maximum atomic E-state index is 13.1. The summed E-state index contributed by atoms with van der Waals surface area (Å²) in [7, 11) is 1.56. The van der Waals surface area contributed by atoms with Crippen LogP contribution in [0.4, 0.5) is 5.69 Å². The number of nitrogens with zero attached hydrogens (tertiary/aromatic N) is 1. The molecule has 0 atom stereocenters. The fraction of sp³-hybridized carbons (Fsp3) is 0.214. The van der Waals surface area contributed by atoms with Crippen molar-refractivity contribution in [3.05, 3.63) is 90.0 Å². The highest BCUT2D eigenvalue weighted by Gasteiger charge is 2.18. The van der Waals surface area contributed by atoms with E-state index in [2.05, 4.69) is 29.6 Å². The first-order valence-corrected chi connectivity index (χ1v) is 11.3. The molecule has 1 fully saturated rings. The molecule has 0 aliphatic carbocycles. The van der Waals surface area contributed by atoms with Gasteiger partial charge in [0.25, 0.3) is 0 Å². The Morgan fingerprint density at radius 3 is 2.21 bits per heavy atom. The van der Waals surface area contributed by atoms with Crippen LogP contribution < -0.4 is 10.1 Å². The van der Waals surface area contributed by atoms with Crippen molar-refractivity contribution in [2.24, 2.45) is 0 Å². The van der Waals surface area contributed by atoms with Crippen molar-refractivity contribution in [3.8, 4) is 16.9 Å². The van der Waals surface area contributed by atoms with Crippen LogP contribution in [0.1, 0.15) is 18.1 Å². The zero-order valence-electron chi connectivity index (χ0n) is 19.4. The van der Waals surface area contributed by atoms with E-state index in [4.69, 9.17) is 9.47 Å². The Kier molecular flexibility index (Phi) is 7.40. The Hall–Kier alpha value is -3.90. The van der Waals surface area contributed by atoms with Crippen molar-refractivity contribution in [2.45, 2.75) is 6.92 Å². The number of methoxy groups -OCH3 is 1. The lowest BCUT2D eigenvalue weighted by molar-refractivity contribution is -0.129. The first-order chi connectivity index (χ1) is 16.5. The van der Waals surface area contributed by atoms with Crippen molar-refractivity contribution in [1.82, 2.24) is 4.90 Å². The molecule has 1 saturated heterocycles. The summed E-state index contributed by atoms with van der Waals surface area (Å²) < 4.78 is 10.8. The zero-order chi connectivity index (χ0) is 23.9. The number of morpholine rings is 1. The quantitative estimate of drug-likeness (QED) is 0.550. The van der Waals surface area contributed by atoms with E-state index in [1.165, 1.54) is 6.92 Å². The van der Waals surface area contributed by atoms with E-state index in [1.807, 2.05) is 42.5 Å². The molecule has 6 nitrogen and oxygen atoms in total. The molecule has 0 spiro atoms. The zero-order valence-corrected chi connectivity index (χ0v) is 19.4. The number of hydrogen-bond donors (Lipinski definition) is 1. The van der Waals surface area contributed by atoms with Crippen LogP contribution in [-0.2, 0) is 14.3 Å². The summed E-state index contributed by atoms with van der Waals surface area (Å²) in [6.45, 7) is 3.66. The number of ether oxygens (including phenoxy) is 2. The lowest BCUT2D eigenvalue weighted by Gasteiger charge is -2.26. The second kappa shape index (κ2) is 10.8. The summed E-state index contributed by atoms with van der Waals surface area (Å²) in [5, 5.41) is 2.82. The normalized spacial score (nSPS) is 13.9. The van der Waals surface area contributed by atoms with E-state index < -0.39 is 0 Å². The van der Waals surface area contributed by atoms with E-state index in [1.54, 1.807) is 24.2 Å². The molecule has 0 unspecified atom stereocenters. The fourth-order valence-electron chi connectivity index (χ4n) is 3.97. The molecule has 34 heavy (non-hydrogen) atoms. The van der Waals surface area contributed by atoms with Gasteiger partial charge in [0, 0.05) is 26.1 Å². The molecule has 0 aromatic heterocycles. The number of amides is 2. The average molecular weight is 457 g/mol. The summed E-state index contributed by atoms with van der Waals surface area (Å²) in [6.07, 6.45) is 1.67. The number of rotatable bonds is 6. The first kappa shape index (κ1) is 23.3. The third kappa shape index (κ3) is 5.53. The van der Waals surface area contributed by atoms with Gasteiger partial charge in [0.1, 0.15) is 5.75 Å². The topological polar surface area (TPSA) is 67.9 Å². The molecule has 174 valence electrons. The van der Waals surface area contributed by atoms with Gasteiger partial charge >= 0.3 is 0 Å². The minimum absolute atomic E-state index is 0.0673. The number of nitrogens with one attached hydrogen (secondary N) is 1. The SMILES string of the molecule is COc1ccc(C(=CC(=O)N2CCOCC2)c2ccc(-c3ccccc3)cc2)cc1NC(C)=O. The van der Waals surface area contributed by atoms with Gasteiger partial charge in [-0.25, -0.2) is 0 Å². The highest BCUT2D eigenvalue weighted by atomic mass is 16.5. The number of hydrogen-bond acceptors (Lipinski definition) is 4. The first-order valence-electron chi connectivity index (χ1n) is 11.3. The van der Waals surface area contributed by atoms with Gasteiger partial charge in [-0.3, -0.25) is 9.59 Å². The number of benzene rings is 3. The van der Waals surface area contributed by atoms with Crippen LogP contribution in [0.2, 0.25) is 0 Å². The molecule has 3 aromatic rings. The second-order valence-corrected chi connectivity index (χ2v) is 8.04. The Labute approximate surface area is 199 Å². The molecule has 0 radical (unpaired) electrons. The van der Waals surface area contributed by atoms with Gasteiger partial charge in [-0.1, -0.05) is 60.7 Å². The minimum Gasteiger partial charge on any atom is -0.495 e. The summed E-state index contributed by atoms with van der Waals surface area (Å²) in [5.41, 5.74) is 5.25. The van der Waals surface area contributed by atoms with Gasteiger partial charge in [-0.15, -0.1) is 0 Å². The molecule has 3 aromatic carbocycles.